The van der Waals surface area contributed by atoms with Crippen LogP contribution in [0.4, 0.5) is 0 Å². The number of rotatable bonds is 5. The fourth-order valence-corrected chi connectivity index (χ4v) is 6.22. The van der Waals surface area contributed by atoms with Crippen molar-refractivity contribution in [2.75, 3.05) is 0 Å². The van der Waals surface area contributed by atoms with Crippen molar-refractivity contribution in [3.63, 3.8) is 0 Å². The Bertz CT molecular complexity index is 1520. The van der Waals surface area contributed by atoms with Gasteiger partial charge in [0.1, 0.15) is 0 Å². The normalized spacial score (nSPS) is 15.0. The number of hydrogen-bond acceptors (Lipinski definition) is 0. The summed E-state index contributed by atoms with van der Waals surface area (Å²) in [5.41, 5.74) is 12.7. The van der Waals surface area contributed by atoms with E-state index in [1.54, 1.807) is 0 Å². The van der Waals surface area contributed by atoms with Crippen LogP contribution in [0.15, 0.2) is 115 Å². The van der Waals surface area contributed by atoms with Gasteiger partial charge in [-0.05, 0) is 73.7 Å². The van der Waals surface area contributed by atoms with Crippen LogP contribution in [0.5, 0.6) is 0 Å². The molecule has 0 amide bonds. The second-order valence-electron chi connectivity index (χ2n) is 9.36. The molecule has 1 aliphatic carbocycles. The van der Waals surface area contributed by atoms with Crippen LogP contribution < -0.4 is 0 Å². The summed E-state index contributed by atoms with van der Waals surface area (Å²) >= 11 is 0. The van der Waals surface area contributed by atoms with Crippen molar-refractivity contribution in [3.8, 4) is 0 Å². The Hall–Kier alpha value is -3.90. The Morgan fingerprint density at radius 1 is 0.514 bits per heavy atom. The Balaban J connectivity index is 1.84. The first kappa shape index (κ1) is 21.6. The van der Waals surface area contributed by atoms with E-state index < -0.39 is 0 Å². The molecule has 0 bridgehead atoms. The molecule has 0 fully saturated rings. The first-order valence-electron chi connectivity index (χ1n) is 12.8. The summed E-state index contributed by atoms with van der Waals surface area (Å²) in [5, 5.41) is 2.78. The Morgan fingerprint density at radius 2 is 1.03 bits per heavy atom. The maximum absolute atomic E-state index is 2.34. The second-order valence-corrected chi connectivity index (χ2v) is 9.36. The summed E-state index contributed by atoms with van der Waals surface area (Å²) < 4.78 is 0. The molecule has 0 aromatic heterocycles. The molecule has 1 aliphatic rings. The van der Waals surface area contributed by atoms with Gasteiger partial charge in [0.25, 0.3) is 0 Å². The van der Waals surface area contributed by atoms with Crippen LogP contribution in [0.3, 0.4) is 0 Å². The molecule has 35 heavy (non-hydrogen) atoms. The number of benzene rings is 5. The summed E-state index contributed by atoms with van der Waals surface area (Å²) in [5.74, 6) is 0.202. The lowest BCUT2D eigenvalue weighted by molar-refractivity contribution is 0.971. The van der Waals surface area contributed by atoms with Gasteiger partial charge in [-0.15, -0.1) is 0 Å². The van der Waals surface area contributed by atoms with Gasteiger partial charge < -0.3 is 0 Å². The summed E-state index contributed by atoms with van der Waals surface area (Å²) in [6.45, 7) is 4.64. The van der Waals surface area contributed by atoms with Gasteiger partial charge in [-0.3, -0.25) is 0 Å². The molecule has 0 nitrogen and oxygen atoms in total. The molecule has 5 aromatic rings. The van der Waals surface area contributed by atoms with Crippen LogP contribution in [-0.2, 0) is 12.8 Å². The zero-order valence-corrected chi connectivity index (χ0v) is 20.5. The first-order chi connectivity index (χ1) is 17.3. The molecule has 170 valence electrons. The summed E-state index contributed by atoms with van der Waals surface area (Å²) in [6, 6.07) is 42.2. The molecule has 0 N–H and O–H groups in total. The van der Waals surface area contributed by atoms with E-state index in [0.717, 1.165) is 12.8 Å². The van der Waals surface area contributed by atoms with Crippen LogP contribution in [-0.4, -0.2) is 0 Å². The van der Waals surface area contributed by atoms with E-state index in [1.165, 1.54) is 60.9 Å². The lowest BCUT2D eigenvalue weighted by Crippen LogP contribution is -2.08. The molecule has 0 heteroatoms. The predicted molar refractivity (Wildman–Crippen MR) is 150 cm³/mol. The van der Waals surface area contributed by atoms with Crippen LogP contribution in [0, 0.1) is 0 Å². The summed E-state index contributed by atoms with van der Waals surface area (Å²) in [6.07, 6.45) is 2.07. The quantitative estimate of drug-likeness (QED) is 0.250. The van der Waals surface area contributed by atoms with E-state index in [9.17, 15) is 0 Å². The molecular weight excluding hydrogens is 420 g/mol. The van der Waals surface area contributed by atoms with Crippen LogP contribution in [0.25, 0.3) is 21.9 Å². The SMILES string of the molecule is CCc1c2c(c3ccccc3c1CC)C(c1ccccc1)=C(c1ccccc1)C2c1ccccc1. The minimum Gasteiger partial charge on any atom is -0.0622 e. The van der Waals surface area contributed by atoms with Gasteiger partial charge in [-0.25, -0.2) is 0 Å². The van der Waals surface area contributed by atoms with E-state index in [4.69, 9.17) is 0 Å². The summed E-state index contributed by atoms with van der Waals surface area (Å²) in [4.78, 5) is 0. The minimum absolute atomic E-state index is 0.202. The maximum Gasteiger partial charge on any atom is 0.0361 e. The molecular formula is C35H30. The zero-order chi connectivity index (χ0) is 23.8. The van der Waals surface area contributed by atoms with Gasteiger partial charge in [0.05, 0.1) is 0 Å². The average molecular weight is 451 g/mol. The number of aryl methyl sites for hydroxylation is 1. The third kappa shape index (κ3) is 3.44. The van der Waals surface area contributed by atoms with Crippen molar-refractivity contribution >= 4 is 21.9 Å². The smallest absolute Gasteiger partial charge is 0.0361 e. The van der Waals surface area contributed by atoms with Crippen LogP contribution in [0.1, 0.15) is 58.7 Å². The van der Waals surface area contributed by atoms with Gasteiger partial charge in [0.2, 0.25) is 0 Å². The fraction of sp³-hybridized carbons (Fsp3) is 0.143. The number of hydrogen-bond donors (Lipinski definition) is 0. The monoisotopic (exact) mass is 450 g/mol. The Kier molecular flexibility index (Phi) is 5.58. The molecule has 6 rings (SSSR count). The van der Waals surface area contributed by atoms with Gasteiger partial charge >= 0.3 is 0 Å². The third-order valence-corrected chi connectivity index (χ3v) is 7.56. The molecule has 1 atom stereocenters. The predicted octanol–water partition coefficient (Wildman–Crippen LogP) is 9.07. The lowest BCUT2D eigenvalue weighted by atomic mass is 9.79. The van der Waals surface area contributed by atoms with Crippen molar-refractivity contribution in [3.05, 3.63) is 154 Å². The molecule has 0 saturated heterocycles. The largest absolute Gasteiger partial charge is 0.0622 e. The van der Waals surface area contributed by atoms with Crippen molar-refractivity contribution < 1.29 is 0 Å². The minimum atomic E-state index is 0.202. The number of fused-ring (bicyclic) bond motifs is 3. The van der Waals surface area contributed by atoms with Crippen molar-refractivity contribution in [1.82, 2.24) is 0 Å². The van der Waals surface area contributed by atoms with Crippen LogP contribution >= 0.6 is 0 Å². The molecule has 0 saturated carbocycles. The average Bonchev–Trinajstić information content (AvgIpc) is 3.30. The molecule has 1 unspecified atom stereocenters. The lowest BCUT2D eigenvalue weighted by Gasteiger charge is -2.24. The van der Waals surface area contributed by atoms with Gasteiger partial charge in [-0.2, -0.15) is 0 Å². The van der Waals surface area contributed by atoms with Crippen molar-refractivity contribution in [2.45, 2.75) is 32.6 Å². The highest BCUT2D eigenvalue weighted by Crippen LogP contribution is 2.56. The standard InChI is InChI=1S/C35H30/c1-3-27-28(4-2)34-32(25-18-10-6-11-19-25)31(24-16-8-5-9-17-24)33(26-20-12-7-13-21-26)35(34)30-23-15-14-22-29(27)30/h5-23,32H,3-4H2,1-2H3. The highest BCUT2D eigenvalue weighted by atomic mass is 14.4. The van der Waals surface area contributed by atoms with E-state index >= 15 is 0 Å². The maximum atomic E-state index is 2.34. The highest BCUT2D eigenvalue weighted by molar-refractivity contribution is 6.14. The molecule has 0 radical (unpaired) electrons. The second kappa shape index (κ2) is 9.04. The van der Waals surface area contributed by atoms with Crippen LogP contribution in [0.2, 0.25) is 0 Å². The van der Waals surface area contributed by atoms with Crippen molar-refractivity contribution in [1.29, 1.82) is 0 Å². The first-order valence-corrected chi connectivity index (χ1v) is 12.8. The Labute approximate surface area is 208 Å². The van der Waals surface area contributed by atoms with Crippen molar-refractivity contribution in [2.24, 2.45) is 0 Å². The van der Waals surface area contributed by atoms with Gasteiger partial charge in [-0.1, -0.05) is 129 Å². The molecule has 0 aliphatic heterocycles. The van der Waals surface area contributed by atoms with E-state index in [1.807, 2.05) is 0 Å². The molecule has 0 spiro atoms. The topological polar surface area (TPSA) is 0 Å². The fourth-order valence-electron chi connectivity index (χ4n) is 6.22. The third-order valence-electron chi connectivity index (χ3n) is 7.56. The highest BCUT2D eigenvalue weighted by Gasteiger charge is 2.37. The van der Waals surface area contributed by atoms with Gasteiger partial charge in [0.15, 0.2) is 0 Å². The summed E-state index contributed by atoms with van der Waals surface area (Å²) in [7, 11) is 0. The van der Waals surface area contributed by atoms with Gasteiger partial charge in [0, 0.05) is 5.92 Å². The molecule has 0 heterocycles. The van der Waals surface area contributed by atoms with E-state index in [2.05, 4.69) is 129 Å². The zero-order valence-electron chi connectivity index (χ0n) is 20.5. The van der Waals surface area contributed by atoms with E-state index in [-0.39, 0.29) is 5.92 Å². The number of allylic oxidation sites excluding steroid dienone is 1. The Morgan fingerprint density at radius 3 is 1.63 bits per heavy atom. The molecule has 5 aromatic carbocycles. The van der Waals surface area contributed by atoms with E-state index in [0.29, 0.717) is 0 Å².